The standard InChI is InChI=1S/C23H33N5O4S/c29-22(30)16-27-9-5-25-6-10-28(17-23(31)32)12-8-26(7-11-27)15-20(14-25)13-19-1-3-21(4-2-19)24-18-33/h1-4,20H,5-17H2,(H,29,30)(H,31,32). The molecule has 0 amide bonds. The summed E-state index contributed by atoms with van der Waals surface area (Å²) in [5.41, 5.74) is 2.05. The van der Waals surface area contributed by atoms with E-state index in [9.17, 15) is 19.8 Å². The van der Waals surface area contributed by atoms with E-state index in [2.05, 4.69) is 44.3 Å². The highest BCUT2D eigenvalue weighted by molar-refractivity contribution is 7.78. The summed E-state index contributed by atoms with van der Waals surface area (Å²) in [6.07, 6.45) is 0.937. The number of carbonyl (C=O) groups is 2. The molecule has 1 aromatic carbocycles. The predicted molar refractivity (Wildman–Crippen MR) is 129 cm³/mol. The maximum absolute atomic E-state index is 11.3. The van der Waals surface area contributed by atoms with Gasteiger partial charge in [-0.3, -0.25) is 19.4 Å². The molecule has 0 aliphatic carbocycles. The van der Waals surface area contributed by atoms with Gasteiger partial charge in [0.15, 0.2) is 0 Å². The average Bonchev–Trinajstić information content (AvgIpc) is 2.76. The van der Waals surface area contributed by atoms with E-state index in [1.807, 2.05) is 21.9 Å². The lowest BCUT2D eigenvalue weighted by Crippen LogP contribution is -2.52. The second kappa shape index (κ2) is 12.9. The Hall–Kier alpha value is -2.20. The van der Waals surface area contributed by atoms with E-state index < -0.39 is 11.9 Å². The molecule has 0 saturated carbocycles. The first-order valence-corrected chi connectivity index (χ1v) is 11.8. The monoisotopic (exact) mass is 475 g/mol. The van der Waals surface area contributed by atoms with E-state index >= 15 is 0 Å². The number of carboxylic acid groups (broad SMARTS) is 2. The van der Waals surface area contributed by atoms with Crippen molar-refractivity contribution in [1.82, 2.24) is 19.6 Å². The van der Waals surface area contributed by atoms with Crippen molar-refractivity contribution in [2.24, 2.45) is 10.9 Å². The van der Waals surface area contributed by atoms with Gasteiger partial charge in [-0.2, -0.15) is 4.99 Å². The summed E-state index contributed by atoms with van der Waals surface area (Å²) in [6, 6.07) is 8.10. The number of fused-ring (bicyclic) bond motifs is 4. The van der Waals surface area contributed by atoms with Crippen molar-refractivity contribution < 1.29 is 19.8 Å². The fourth-order valence-corrected chi connectivity index (χ4v) is 4.76. The molecule has 0 spiro atoms. The summed E-state index contributed by atoms with van der Waals surface area (Å²) in [6.45, 7) is 7.72. The van der Waals surface area contributed by atoms with Crippen LogP contribution in [0.4, 0.5) is 5.69 Å². The second-order valence-corrected chi connectivity index (χ2v) is 9.06. The lowest BCUT2D eigenvalue weighted by molar-refractivity contribution is -0.139. The summed E-state index contributed by atoms with van der Waals surface area (Å²) in [4.78, 5) is 35.4. The summed E-state index contributed by atoms with van der Waals surface area (Å²) >= 11 is 4.68. The number of rotatable bonds is 7. The van der Waals surface area contributed by atoms with Crippen molar-refractivity contribution in [3.63, 3.8) is 0 Å². The van der Waals surface area contributed by atoms with E-state index in [1.165, 1.54) is 5.56 Å². The highest BCUT2D eigenvalue weighted by atomic mass is 32.1. The Kier molecular flexibility index (Phi) is 9.93. The molecule has 0 aromatic heterocycles. The van der Waals surface area contributed by atoms with Crippen LogP contribution in [0.5, 0.6) is 0 Å². The van der Waals surface area contributed by atoms with Crippen LogP contribution in [-0.2, 0) is 16.0 Å². The third kappa shape index (κ3) is 8.92. The second-order valence-electron chi connectivity index (χ2n) is 8.88. The van der Waals surface area contributed by atoms with Crippen LogP contribution in [0.1, 0.15) is 5.56 Å². The molecule has 2 fully saturated rings. The van der Waals surface area contributed by atoms with Crippen molar-refractivity contribution >= 4 is 35.0 Å². The van der Waals surface area contributed by atoms with Crippen molar-refractivity contribution in [2.45, 2.75) is 6.42 Å². The average molecular weight is 476 g/mol. The molecule has 33 heavy (non-hydrogen) atoms. The van der Waals surface area contributed by atoms with Gasteiger partial charge in [0.2, 0.25) is 0 Å². The van der Waals surface area contributed by atoms with Gasteiger partial charge in [-0.15, -0.1) is 0 Å². The number of hydrogen-bond acceptors (Lipinski definition) is 8. The summed E-state index contributed by atoms with van der Waals surface area (Å²) < 4.78 is 0. The SMILES string of the molecule is O=C(O)CN1CCN2CCN(CC(=O)O)CCN(CC1)CC(Cc1ccc(N=C=S)cc1)C2. The number of carboxylic acids is 2. The molecule has 1 aromatic rings. The Morgan fingerprint density at radius 2 is 1.30 bits per heavy atom. The zero-order valence-corrected chi connectivity index (χ0v) is 19.8. The number of nitrogens with zero attached hydrogens (tertiary/aromatic N) is 5. The quantitative estimate of drug-likeness (QED) is 0.442. The molecule has 2 bridgehead atoms. The van der Waals surface area contributed by atoms with Crippen LogP contribution in [0.3, 0.4) is 0 Å². The first kappa shape index (κ1) is 25.4. The fourth-order valence-electron chi connectivity index (χ4n) is 4.65. The molecule has 0 atom stereocenters. The Morgan fingerprint density at radius 1 is 0.848 bits per heavy atom. The van der Waals surface area contributed by atoms with E-state index in [1.54, 1.807) is 0 Å². The van der Waals surface area contributed by atoms with Gasteiger partial charge >= 0.3 is 11.9 Å². The molecule has 2 aliphatic heterocycles. The highest BCUT2D eigenvalue weighted by Crippen LogP contribution is 2.18. The summed E-state index contributed by atoms with van der Waals surface area (Å²) in [5.74, 6) is -1.18. The van der Waals surface area contributed by atoms with Gasteiger partial charge in [0.1, 0.15) is 0 Å². The maximum atomic E-state index is 11.3. The van der Waals surface area contributed by atoms with E-state index in [-0.39, 0.29) is 13.1 Å². The van der Waals surface area contributed by atoms with Crippen LogP contribution >= 0.6 is 12.2 Å². The predicted octanol–water partition coefficient (Wildman–Crippen LogP) is 0.984. The van der Waals surface area contributed by atoms with Crippen molar-refractivity contribution in [3.05, 3.63) is 29.8 Å². The molecule has 0 unspecified atom stereocenters. The Bertz CT molecular complexity index is 792. The van der Waals surface area contributed by atoms with Gasteiger partial charge in [0.05, 0.1) is 23.9 Å². The van der Waals surface area contributed by atoms with Crippen LogP contribution in [0.15, 0.2) is 29.3 Å². The number of aliphatic carboxylic acids is 2. The maximum Gasteiger partial charge on any atom is 0.317 e. The van der Waals surface area contributed by atoms with Crippen LogP contribution < -0.4 is 0 Å². The van der Waals surface area contributed by atoms with Crippen molar-refractivity contribution in [3.8, 4) is 0 Å². The van der Waals surface area contributed by atoms with E-state index in [0.29, 0.717) is 32.1 Å². The molecule has 10 heteroatoms. The summed E-state index contributed by atoms with van der Waals surface area (Å²) in [5, 5.41) is 21.0. The number of benzene rings is 1. The number of thiocarbonyl (C=S) groups is 1. The highest BCUT2D eigenvalue weighted by Gasteiger charge is 2.25. The van der Waals surface area contributed by atoms with Crippen LogP contribution in [-0.4, -0.2) is 125 Å². The lowest BCUT2D eigenvalue weighted by Gasteiger charge is -2.39. The van der Waals surface area contributed by atoms with Crippen molar-refractivity contribution in [2.75, 3.05) is 78.5 Å². The number of isothiocyanates is 1. The Labute approximate surface area is 200 Å². The largest absolute Gasteiger partial charge is 0.480 e. The van der Waals surface area contributed by atoms with Crippen LogP contribution in [0, 0.1) is 5.92 Å². The van der Waals surface area contributed by atoms with Gasteiger partial charge in [0, 0.05) is 65.4 Å². The number of hydrogen-bond donors (Lipinski definition) is 2. The topological polar surface area (TPSA) is 99.9 Å². The van der Waals surface area contributed by atoms with Crippen molar-refractivity contribution in [1.29, 1.82) is 0 Å². The zero-order valence-electron chi connectivity index (χ0n) is 18.9. The molecular weight excluding hydrogens is 442 g/mol. The third-order valence-corrected chi connectivity index (χ3v) is 6.41. The minimum absolute atomic E-state index is 0.0484. The molecule has 3 rings (SSSR count). The Morgan fingerprint density at radius 3 is 1.70 bits per heavy atom. The molecule has 180 valence electrons. The summed E-state index contributed by atoms with van der Waals surface area (Å²) in [7, 11) is 0. The van der Waals surface area contributed by atoms with Crippen LogP contribution in [0.2, 0.25) is 0 Å². The molecular formula is C23H33N5O4S. The smallest absolute Gasteiger partial charge is 0.317 e. The van der Waals surface area contributed by atoms with Gasteiger partial charge < -0.3 is 20.0 Å². The first-order chi connectivity index (χ1) is 15.9. The molecule has 0 radical (unpaired) electrons. The minimum Gasteiger partial charge on any atom is -0.480 e. The normalized spacial score (nSPS) is 25.3. The van der Waals surface area contributed by atoms with E-state index in [4.69, 9.17) is 0 Å². The van der Waals surface area contributed by atoms with Crippen LogP contribution in [0.25, 0.3) is 0 Å². The first-order valence-electron chi connectivity index (χ1n) is 11.4. The van der Waals surface area contributed by atoms with Gasteiger partial charge in [-0.1, -0.05) is 12.1 Å². The fraction of sp³-hybridized carbons (Fsp3) is 0.609. The van der Waals surface area contributed by atoms with Gasteiger partial charge in [0.25, 0.3) is 0 Å². The lowest BCUT2D eigenvalue weighted by atomic mass is 9.97. The minimum atomic E-state index is -0.802. The molecule has 2 saturated heterocycles. The molecule has 2 N–H and O–H groups in total. The van der Waals surface area contributed by atoms with Gasteiger partial charge in [-0.25, -0.2) is 0 Å². The number of aliphatic imine (C=N–C) groups is 1. The zero-order chi connectivity index (χ0) is 23.6. The van der Waals surface area contributed by atoms with E-state index in [0.717, 1.165) is 51.4 Å². The third-order valence-electron chi connectivity index (χ3n) is 6.32. The molecule has 2 aliphatic rings. The molecule has 9 nitrogen and oxygen atoms in total. The van der Waals surface area contributed by atoms with Gasteiger partial charge in [-0.05, 0) is 42.3 Å². The molecule has 2 heterocycles. The Balaban J connectivity index is 1.76.